The van der Waals surface area contributed by atoms with Crippen molar-refractivity contribution in [2.45, 2.75) is 0 Å². The summed E-state index contributed by atoms with van der Waals surface area (Å²) in [6.07, 6.45) is 0. The minimum absolute atomic E-state index is 0.102. The number of fused-ring (bicyclic) bond motifs is 4. The fourth-order valence-electron chi connectivity index (χ4n) is 6.11. The van der Waals surface area contributed by atoms with Crippen LogP contribution in [0.1, 0.15) is 0 Å². The topological polar surface area (TPSA) is 51.6 Å². The molecule has 0 radical (unpaired) electrons. The SMILES string of the molecule is c1ccc(-c2nc(-c3ccccc3)nc(-c3cccc(-c4ccc5ccc6nc(-c7ccc8ccccc8c7)[se]c6c5c4)c3)n2)cc1. The van der Waals surface area contributed by atoms with E-state index in [9.17, 15) is 0 Å². The molecule has 47 heavy (non-hydrogen) atoms. The summed E-state index contributed by atoms with van der Waals surface area (Å²) in [5, 5.41) is 5.00. The predicted octanol–water partition coefficient (Wildman–Crippen LogP) is 10.1. The fraction of sp³-hybridized carbons (Fsp3) is 0. The van der Waals surface area contributed by atoms with E-state index in [0.717, 1.165) is 33.3 Å². The van der Waals surface area contributed by atoms with E-state index in [2.05, 4.69) is 97.1 Å². The summed E-state index contributed by atoms with van der Waals surface area (Å²) >= 11 is 0.102. The molecule has 0 aliphatic carbocycles. The van der Waals surface area contributed by atoms with Crippen LogP contribution < -0.4 is 0 Å². The van der Waals surface area contributed by atoms with Crippen LogP contribution in [0.4, 0.5) is 0 Å². The average molecular weight is 666 g/mol. The minimum atomic E-state index is 0.102. The molecule has 4 nitrogen and oxygen atoms in total. The summed E-state index contributed by atoms with van der Waals surface area (Å²) < 4.78 is 2.52. The van der Waals surface area contributed by atoms with Crippen molar-refractivity contribution in [3.05, 3.63) is 158 Å². The molecular formula is C42H26N4Se. The minimum Gasteiger partial charge on any atom is -0.0615 e. The van der Waals surface area contributed by atoms with Crippen molar-refractivity contribution in [3.63, 3.8) is 0 Å². The number of nitrogens with zero attached hydrogens (tertiary/aromatic N) is 4. The van der Waals surface area contributed by atoms with Crippen LogP contribution in [-0.4, -0.2) is 34.4 Å². The van der Waals surface area contributed by atoms with Crippen molar-refractivity contribution in [2.75, 3.05) is 0 Å². The normalized spacial score (nSPS) is 11.4. The first kappa shape index (κ1) is 27.6. The monoisotopic (exact) mass is 666 g/mol. The molecule has 0 saturated carbocycles. The van der Waals surface area contributed by atoms with Crippen molar-refractivity contribution in [1.82, 2.24) is 19.9 Å². The summed E-state index contributed by atoms with van der Waals surface area (Å²) in [5.41, 5.74) is 7.43. The van der Waals surface area contributed by atoms with Gasteiger partial charge in [0.05, 0.1) is 0 Å². The molecule has 0 saturated heterocycles. The molecule has 220 valence electrons. The molecule has 0 unspecified atom stereocenters. The third kappa shape index (κ3) is 5.22. The first-order valence-electron chi connectivity index (χ1n) is 15.6. The quantitative estimate of drug-likeness (QED) is 0.172. The Morgan fingerprint density at radius 2 is 0.894 bits per heavy atom. The molecule has 9 aromatic rings. The summed E-state index contributed by atoms with van der Waals surface area (Å²) in [4.78, 5) is 19.9. The maximum absolute atomic E-state index is 5.12. The molecule has 2 heterocycles. The van der Waals surface area contributed by atoms with E-state index in [0.29, 0.717) is 17.5 Å². The molecule has 0 N–H and O–H groups in total. The molecule has 2 aromatic heterocycles. The van der Waals surface area contributed by atoms with E-state index >= 15 is 0 Å². The van der Waals surface area contributed by atoms with Crippen molar-refractivity contribution < 1.29 is 0 Å². The summed E-state index contributed by atoms with van der Waals surface area (Å²) in [5.74, 6) is 1.97. The zero-order chi connectivity index (χ0) is 31.2. The Labute approximate surface area is 277 Å². The molecule has 9 rings (SSSR count). The first-order valence-corrected chi connectivity index (χ1v) is 17.3. The number of rotatable bonds is 5. The van der Waals surface area contributed by atoms with Gasteiger partial charge < -0.3 is 0 Å². The van der Waals surface area contributed by atoms with E-state index in [1.165, 1.54) is 35.9 Å². The van der Waals surface area contributed by atoms with Gasteiger partial charge in [0.25, 0.3) is 0 Å². The molecule has 0 aliphatic heterocycles. The van der Waals surface area contributed by atoms with Crippen molar-refractivity contribution in [3.8, 4) is 55.4 Å². The predicted molar refractivity (Wildman–Crippen MR) is 194 cm³/mol. The molecule has 0 bridgehead atoms. The summed E-state index contributed by atoms with van der Waals surface area (Å²) in [6.45, 7) is 0. The molecule has 5 heteroatoms. The third-order valence-corrected chi connectivity index (χ3v) is 10.9. The van der Waals surface area contributed by atoms with Crippen molar-refractivity contribution >= 4 is 45.8 Å². The Morgan fingerprint density at radius 3 is 1.64 bits per heavy atom. The third-order valence-electron chi connectivity index (χ3n) is 8.52. The van der Waals surface area contributed by atoms with Gasteiger partial charge in [0.2, 0.25) is 0 Å². The van der Waals surface area contributed by atoms with Gasteiger partial charge >= 0.3 is 243 Å². The molecule has 7 aromatic carbocycles. The molecule has 0 amide bonds. The van der Waals surface area contributed by atoms with Crippen LogP contribution in [0.3, 0.4) is 0 Å². The van der Waals surface area contributed by atoms with Crippen LogP contribution in [-0.2, 0) is 0 Å². The van der Waals surface area contributed by atoms with Crippen LogP contribution in [0.2, 0.25) is 0 Å². The molecule has 0 fully saturated rings. The Hall–Kier alpha value is -5.74. The molecule has 0 atom stereocenters. The van der Waals surface area contributed by atoms with E-state index in [1.54, 1.807) is 0 Å². The van der Waals surface area contributed by atoms with Gasteiger partial charge in [-0.2, -0.15) is 0 Å². The molecular weight excluding hydrogens is 639 g/mol. The number of benzene rings is 7. The Morgan fingerprint density at radius 1 is 0.340 bits per heavy atom. The second-order valence-corrected chi connectivity index (χ2v) is 13.6. The standard InChI is InChI=1S/C42H26N4Se/c1-3-11-29(12-4-1)39-44-40(30-13-5-2-6-14-30)46-41(45-39)34-17-9-16-32(24-34)33-20-19-28-22-23-37-38(36(28)26-33)47-42(43-37)35-21-18-27-10-7-8-15-31(27)25-35/h1-26H. The van der Waals surface area contributed by atoms with Crippen LogP contribution in [0.25, 0.3) is 86.7 Å². The Kier molecular flexibility index (Phi) is 6.78. The zero-order valence-electron chi connectivity index (χ0n) is 25.2. The van der Waals surface area contributed by atoms with Crippen LogP contribution >= 0.6 is 0 Å². The van der Waals surface area contributed by atoms with Gasteiger partial charge in [-0.3, -0.25) is 0 Å². The van der Waals surface area contributed by atoms with E-state index in [-0.39, 0.29) is 14.5 Å². The fourth-order valence-corrected chi connectivity index (χ4v) is 8.39. The van der Waals surface area contributed by atoms with Crippen LogP contribution in [0, 0.1) is 0 Å². The second kappa shape index (κ2) is 11.6. The Bertz CT molecular complexity index is 2520. The van der Waals surface area contributed by atoms with Crippen LogP contribution in [0.15, 0.2) is 158 Å². The van der Waals surface area contributed by atoms with Crippen LogP contribution in [0.5, 0.6) is 0 Å². The molecule has 0 aliphatic rings. The van der Waals surface area contributed by atoms with E-state index in [1.807, 2.05) is 60.7 Å². The van der Waals surface area contributed by atoms with Gasteiger partial charge in [-0.25, -0.2) is 0 Å². The Balaban J connectivity index is 1.14. The first-order chi connectivity index (χ1) is 23.2. The van der Waals surface area contributed by atoms with Crippen molar-refractivity contribution in [2.24, 2.45) is 0 Å². The van der Waals surface area contributed by atoms with Gasteiger partial charge in [0, 0.05) is 0 Å². The number of hydrogen-bond donors (Lipinski definition) is 0. The van der Waals surface area contributed by atoms with Gasteiger partial charge in [-0.05, 0) is 0 Å². The number of hydrogen-bond acceptors (Lipinski definition) is 4. The zero-order valence-corrected chi connectivity index (χ0v) is 26.9. The van der Waals surface area contributed by atoms with Gasteiger partial charge in [-0.15, -0.1) is 0 Å². The molecule has 0 spiro atoms. The van der Waals surface area contributed by atoms with E-state index < -0.39 is 0 Å². The smallest absolute Gasteiger partial charge is 0.0615 e. The summed E-state index contributed by atoms with van der Waals surface area (Å²) in [6, 6.07) is 55.0. The van der Waals surface area contributed by atoms with Gasteiger partial charge in [0.15, 0.2) is 0 Å². The second-order valence-electron chi connectivity index (χ2n) is 11.5. The maximum atomic E-state index is 5.12. The van der Waals surface area contributed by atoms with Crippen molar-refractivity contribution in [1.29, 1.82) is 0 Å². The van der Waals surface area contributed by atoms with E-state index in [4.69, 9.17) is 19.9 Å². The van der Waals surface area contributed by atoms with Gasteiger partial charge in [0.1, 0.15) is 0 Å². The number of aromatic nitrogens is 4. The average Bonchev–Trinajstić information content (AvgIpc) is 3.60. The van der Waals surface area contributed by atoms with Gasteiger partial charge in [-0.1, -0.05) is 36.4 Å². The summed E-state index contributed by atoms with van der Waals surface area (Å²) in [7, 11) is 0.